The van der Waals surface area contributed by atoms with Crippen molar-refractivity contribution in [1.29, 1.82) is 0 Å². The number of anilines is 1. The summed E-state index contributed by atoms with van der Waals surface area (Å²) < 4.78 is 30.3. The number of rotatable bonds is 7. The summed E-state index contributed by atoms with van der Waals surface area (Å²) in [5.41, 5.74) is 0.311. The molecule has 18 heavy (non-hydrogen) atoms. The fourth-order valence-electron chi connectivity index (χ4n) is 1.21. The van der Waals surface area contributed by atoms with Gasteiger partial charge in [0, 0.05) is 12.5 Å². The van der Waals surface area contributed by atoms with Gasteiger partial charge in [0.1, 0.15) is 0 Å². The lowest BCUT2D eigenvalue weighted by Crippen LogP contribution is -2.17. The molecule has 0 spiro atoms. The summed E-state index contributed by atoms with van der Waals surface area (Å²) in [5.74, 6) is -0.883. The van der Waals surface area contributed by atoms with Gasteiger partial charge < -0.3 is 9.84 Å². The Hall–Kier alpha value is -1.83. The Morgan fingerprint density at radius 3 is 2.72 bits per heavy atom. The molecule has 0 aliphatic rings. The van der Waals surface area contributed by atoms with Crippen LogP contribution in [0.1, 0.15) is 12.8 Å². The Labute approximate surface area is 105 Å². The molecule has 0 aliphatic carbocycles. The quantitative estimate of drug-likeness (QED) is 0.758. The van der Waals surface area contributed by atoms with Crippen molar-refractivity contribution in [2.75, 3.05) is 17.6 Å². The zero-order valence-corrected chi connectivity index (χ0v) is 10.6. The van der Waals surface area contributed by atoms with Gasteiger partial charge in [-0.2, -0.15) is 0 Å². The van der Waals surface area contributed by atoms with E-state index in [1.54, 1.807) is 0 Å². The van der Waals surface area contributed by atoms with Gasteiger partial charge in [-0.1, -0.05) is 0 Å². The summed E-state index contributed by atoms with van der Waals surface area (Å²) in [5, 5.41) is 8.42. The highest BCUT2D eigenvalue weighted by Crippen LogP contribution is 2.13. The Balaban J connectivity index is 2.56. The van der Waals surface area contributed by atoms with Crippen LogP contribution in [0.3, 0.4) is 0 Å². The fraction of sp³-hybridized carbons (Fsp3) is 0.400. The van der Waals surface area contributed by atoms with Crippen molar-refractivity contribution in [3.63, 3.8) is 0 Å². The van der Waals surface area contributed by atoms with Gasteiger partial charge in [0.2, 0.25) is 15.9 Å². The van der Waals surface area contributed by atoms with Crippen LogP contribution in [-0.2, 0) is 14.8 Å². The van der Waals surface area contributed by atoms with Crippen LogP contribution in [0.15, 0.2) is 18.3 Å². The molecule has 7 nitrogen and oxygen atoms in total. The van der Waals surface area contributed by atoms with E-state index in [0.29, 0.717) is 11.6 Å². The Bertz CT molecular complexity index is 498. The minimum absolute atomic E-state index is 0.0637. The van der Waals surface area contributed by atoms with Gasteiger partial charge in [0.25, 0.3) is 0 Å². The number of pyridine rings is 1. The molecule has 1 aromatic rings. The van der Waals surface area contributed by atoms with E-state index in [0.717, 1.165) is 0 Å². The summed E-state index contributed by atoms with van der Waals surface area (Å²) >= 11 is 0. The van der Waals surface area contributed by atoms with Crippen molar-refractivity contribution in [2.45, 2.75) is 12.8 Å². The summed E-state index contributed by atoms with van der Waals surface area (Å²) in [6, 6.07) is 3.04. The third-order valence-corrected chi connectivity index (χ3v) is 3.40. The van der Waals surface area contributed by atoms with Gasteiger partial charge in [-0.15, -0.1) is 0 Å². The zero-order chi connectivity index (χ0) is 13.6. The van der Waals surface area contributed by atoms with Gasteiger partial charge in [0.15, 0.2) is 0 Å². The molecule has 0 atom stereocenters. The maximum Gasteiger partial charge on any atom is 0.303 e. The molecule has 0 saturated heterocycles. The summed E-state index contributed by atoms with van der Waals surface area (Å²) in [6.45, 7) is 0. The Morgan fingerprint density at radius 1 is 1.50 bits per heavy atom. The van der Waals surface area contributed by atoms with Crippen molar-refractivity contribution < 1.29 is 23.1 Å². The average Bonchev–Trinajstić information content (AvgIpc) is 2.28. The molecule has 0 amide bonds. The lowest BCUT2D eigenvalue weighted by atomic mass is 10.3. The summed E-state index contributed by atoms with van der Waals surface area (Å²) in [4.78, 5) is 14.1. The number of hydrogen-bond donors (Lipinski definition) is 2. The fourth-order valence-corrected chi connectivity index (χ4v) is 2.31. The molecule has 0 saturated carbocycles. The van der Waals surface area contributed by atoms with Crippen molar-refractivity contribution >= 4 is 21.7 Å². The third-order valence-electron chi connectivity index (χ3n) is 2.02. The molecule has 0 radical (unpaired) electrons. The largest absolute Gasteiger partial charge is 0.481 e. The first-order valence-corrected chi connectivity index (χ1v) is 6.80. The highest BCUT2D eigenvalue weighted by Gasteiger charge is 2.11. The number of ether oxygens (including phenoxy) is 1. The molecule has 0 bridgehead atoms. The van der Waals surface area contributed by atoms with Crippen molar-refractivity contribution in [1.82, 2.24) is 4.98 Å². The second kappa shape index (κ2) is 6.20. The molecule has 0 unspecified atom stereocenters. The number of carbonyl (C=O) groups is 1. The average molecular weight is 274 g/mol. The van der Waals surface area contributed by atoms with E-state index in [4.69, 9.17) is 9.84 Å². The molecule has 1 heterocycles. The number of aromatic nitrogens is 1. The van der Waals surface area contributed by atoms with Gasteiger partial charge in [0.05, 0.1) is 24.7 Å². The smallest absolute Gasteiger partial charge is 0.303 e. The number of aliphatic carboxylic acids is 1. The van der Waals surface area contributed by atoms with Crippen LogP contribution in [0.25, 0.3) is 0 Å². The number of hydrogen-bond acceptors (Lipinski definition) is 5. The summed E-state index contributed by atoms with van der Waals surface area (Å²) in [7, 11) is -2.09. The minimum atomic E-state index is -3.54. The minimum Gasteiger partial charge on any atom is -0.481 e. The predicted molar refractivity (Wildman–Crippen MR) is 65.1 cm³/mol. The summed E-state index contributed by atoms with van der Waals surface area (Å²) in [6.07, 6.45) is 1.21. The molecule has 0 aliphatic heterocycles. The van der Waals surface area contributed by atoms with E-state index < -0.39 is 16.0 Å². The monoisotopic (exact) mass is 274 g/mol. The highest BCUT2D eigenvalue weighted by molar-refractivity contribution is 7.92. The molecule has 0 aromatic carbocycles. The highest BCUT2D eigenvalue weighted by atomic mass is 32.2. The number of carboxylic acids is 1. The first-order valence-electron chi connectivity index (χ1n) is 5.15. The second-order valence-corrected chi connectivity index (χ2v) is 5.35. The van der Waals surface area contributed by atoms with E-state index in [9.17, 15) is 13.2 Å². The third kappa shape index (κ3) is 5.00. The maximum atomic E-state index is 11.6. The van der Waals surface area contributed by atoms with Gasteiger partial charge in [-0.3, -0.25) is 9.52 Å². The maximum absolute atomic E-state index is 11.6. The molecule has 8 heteroatoms. The first-order chi connectivity index (χ1) is 8.43. The van der Waals surface area contributed by atoms with E-state index in [1.807, 2.05) is 0 Å². The SMILES string of the molecule is COc1ccc(NS(=O)(=O)CCCC(=O)O)cn1. The number of methoxy groups -OCH3 is 1. The molecular weight excluding hydrogens is 260 g/mol. The number of carboxylic acid groups (broad SMARTS) is 1. The van der Waals surface area contributed by atoms with E-state index >= 15 is 0 Å². The molecule has 0 fully saturated rings. The molecular formula is C10H14N2O5S. The van der Waals surface area contributed by atoms with Crippen LogP contribution in [0.5, 0.6) is 5.88 Å². The van der Waals surface area contributed by atoms with Crippen LogP contribution >= 0.6 is 0 Å². The molecule has 1 aromatic heterocycles. The molecule has 1 rings (SSSR count). The van der Waals surface area contributed by atoms with Crippen LogP contribution in [0.2, 0.25) is 0 Å². The zero-order valence-electron chi connectivity index (χ0n) is 9.79. The van der Waals surface area contributed by atoms with Gasteiger partial charge in [-0.05, 0) is 12.5 Å². The lowest BCUT2D eigenvalue weighted by Gasteiger charge is -2.07. The van der Waals surface area contributed by atoms with E-state index in [1.165, 1.54) is 25.4 Å². The van der Waals surface area contributed by atoms with Crippen molar-refractivity contribution in [3.8, 4) is 5.88 Å². The topological polar surface area (TPSA) is 106 Å². The molecule has 2 N–H and O–H groups in total. The van der Waals surface area contributed by atoms with E-state index in [-0.39, 0.29) is 18.6 Å². The Morgan fingerprint density at radius 2 is 2.22 bits per heavy atom. The van der Waals surface area contributed by atoms with Crippen LogP contribution < -0.4 is 9.46 Å². The number of sulfonamides is 1. The molecule has 100 valence electrons. The van der Waals surface area contributed by atoms with Crippen LogP contribution in [-0.4, -0.2) is 37.3 Å². The first kappa shape index (κ1) is 14.2. The number of nitrogens with zero attached hydrogens (tertiary/aromatic N) is 1. The van der Waals surface area contributed by atoms with E-state index in [2.05, 4.69) is 9.71 Å². The standard InChI is InChI=1S/C10H14N2O5S/c1-17-9-5-4-8(7-11-9)12-18(15,16)6-2-3-10(13)14/h4-5,7,12H,2-3,6H2,1H3,(H,13,14). The van der Waals surface area contributed by atoms with Crippen molar-refractivity contribution in [3.05, 3.63) is 18.3 Å². The van der Waals surface area contributed by atoms with Crippen LogP contribution in [0, 0.1) is 0 Å². The second-order valence-electron chi connectivity index (χ2n) is 3.51. The van der Waals surface area contributed by atoms with Gasteiger partial charge in [-0.25, -0.2) is 13.4 Å². The number of nitrogens with one attached hydrogen (secondary N) is 1. The lowest BCUT2D eigenvalue weighted by molar-refractivity contribution is -0.137. The van der Waals surface area contributed by atoms with Crippen molar-refractivity contribution in [2.24, 2.45) is 0 Å². The normalized spacial score (nSPS) is 10.9. The predicted octanol–water partition coefficient (Wildman–Crippen LogP) is 0.697. The Kier molecular flexibility index (Phi) is 4.90. The van der Waals surface area contributed by atoms with Crippen LogP contribution in [0.4, 0.5) is 5.69 Å². The van der Waals surface area contributed by atoms with Gasteiger partial charge >= 0.3 is 5.97 Å².